The van der Waals surface area contributed by atoms with Crippen LogP contribution in [0.25, 0.3) is 0 Å². The summed E-state index contributed by atoms with van der Waals surface area (Å²) >= 11 is 0. The zero-order chi connectivity index (χ0) is 20.1. The number of rotatable bonds is 8. The molecule has 1 unspecified atom stereocenters. The summed E-state index contributed by atoms with van der Waals surface area (Å²) in [5.74, 6) is -1.44. The van der Waals surface area contributed by atoms with Gasteiger partial charge in [-0.05, 0) is 30.2 Å². The van der Waals surface area contributed by atoms with E-state index in [4.69, 9.17) is 9.94 Å². The fraction of sp³-hybridized carbons (Fsp3) is 0.500. The highest BCUT2D eigenvalue weighted by atomic mass is 32.2. The predicted octanol–water partition coefficient (Wildman–Crippen LogP) is 0.304. The van der Waals surface area contributed by atoms with E-state index >= 15 is 0 Å². The van der Waals surface area contributed by atoms with Crippen molar-refractivity contribution in [2.45, 2.75) is 24.8 Å². The number of ether oxygens (including phenoxy) is 1. The first-order chi connectivity index (χ1) is 12.1. The number of benzene rings is 1. The van der Waals surface area contributed by atoms with E-state index in [0.717, 1.165) is 4.31 Å². The van der Waals surface area contributed by atoms with Gasteiger partial charge in [-0.3, -0.25) is 14.8 Å². The number of carbonyl (C=O) groups excluding carboxylic acids is 2. The Labute approximate surface area is 153 Å². The van der Waals surface area contributed by atoms with E-state index < -0.39 is 40.3 Å². The maximum atomic E-state index is 13.1. The van der Waals surface area contributed by atoms with E-state index in [9.17, 15) is 18.0 Å². The molecule has 0 aliphatic rings. The Morgan fingerprint density at radius 1 is 1.19 bits per heavy atom. The first kappa shape index (κ1) is 21.9. The van der Waals surface area contributed by atoms with Gasteiger partial charge in [0.2, 0.25) is 15.9 Å². The summed E-state index contributed by atoms with van der Waals surface area (Å²) in [7, 11) is 0.221. The highest BCUT2D eigenvalue weighted by molar-refractivity contribution is 7.89. The molecule has 1 rings (SSSR count). The van der Waals surface area contributed by atoms with Crippen LogP contribution in [0.15, 0.2) is 29.2 Å². The van der Waals surface area contributed by atoms with E-state index in [1.54, 1.807) is 13.8 Å². The molecule has 1 aromatic carbocycles. The lowest BCUT2D eigenvalue weighted by atomic mass is 10.0. The van der Waals surface area contributed by atoms with Crippen LogP contribution in [0.3, 0.4) is 0 Å². The van der Waals surface area contributed by atoms with Crippen molar-refractivity contribution in [3.05, 3.63) is 24.3 Å². The van der Waals surface area contributed by atoms with Crippen molar-refractivity contribution in [1.82, 2.24) is 14.7 Å². The zero-order valence-corrected chi connectivity index (χ0v) is 16.3. The molecule has 0 aromatic heterocycles. The molecule has 0 fully saturated rings. The second kappa shape index (κ2) is 8.97. The maximum Gasteiger partial charge on any atom is 0.262 e. The lowest BCUT2D eigenvalue weighted by molar-refractivity contribution is -0.136. The summed E-state index contributed by atoms with van der Waals surface area (Å²) in [6.45, 7) is 2.70. The van der Waals surface area contributed by atoms with Gasteiger partial charge in [-0.1, -0.05) is 13.8 Å². The van der Waals surface area contributed by atoms with Gasteiger partial charge < -0.3 is 9.64 Å². The molecule has 0 spiro atoms. The van der Waals surface area contributed by atoms with Gasteiger partial charge in [-0.15, -0.1) is 0 Å². The van der Waals surface area contributed by atoms with Gasteiger partial charge in [-0.25, -0.2) is 13.9 Å². The van der Waals surface area contributed by atoms with Crippen LogP contribution in [0.5, 0.6) is 5.75 Å². The smallest absolute Gasteiger partial charge is 0.262 e. The van der Waals surface area contributed by atoms with Crippen molar-refractivity contribution in [3.63, 3.8) is 0 Å². The first-order valence-corrected chi connectivity index (χ1v) is 9.30. The average Bonchev–Trinajstić information content (AvgIpc) is 2.60. The molecule has 146 valence electrons. The van der Waals surface area contributed by atoms with Crippen molar-refractivity contribution in [3.8, 4) is 5.75 Å². The maximum absolute atomic E-state index is 13.1. The molecule has 0 bridgehead atoms. The van der Waals surface area contributed by atoms with Gasteiger partial charge in [0.15, 0.2) is 0 Å². The first-order valence-electron chi connectivity index (χ1n) is 7.86. The summed E-state index contributed by atoms with van der Waals surface area (Å²) in [5.41, 5.74) is 1.48. The molecule has 0 saturated heterocycles. The van der Waals surface area contributed by atoms with Crippen LogP contribution in [0.1, 0.15) is 13.8 Å². The van der Waals surface area contributed by atoms with Crippen LogP contribution >= 0.6 is 0 Å². The van der Waals surface area contributed by atoms with Crippen LogP contribution in [0, 0.1) is 5.92 Å². The number of nitrogens with zero attached hydrogens (tertiary/aromatic N) is 2. The molecule has 2 amide bonds. The van der Waals surface area contributed by atoms with Gasteiger partial charge in [0.25, 0.3) is 5.91 Å². The number of hydroxylamine groups is 1. The number of carbonyl (C=O) groups is 2. The van der Waals surface area contributed by atoms with Crippen LogP contribution < -0.4 is 10.2 Å². The molecule has 9 nitrogen and oxygen atoms in total. The highest BCUT2D eigenvalue weighted by Gasteiger charge is 2.39. The number of likely N-dealkylation sites (N-methyl/N-ethyl adjacent to an activating group) is 1. The third kappa shape index (κ3) is 4.93. The van der Waals surface area contributed by atoms with Crippen molar-refractivity contribution >= 4 is 21.8 Å². The lowest BCUT2D eigenvalue weighted by Gasteiger charge is -2.32. The normalized spacial score (nSPS) is 12.8. The second-order valence-corrected chi connectivity index (χ2v) is 8.07. The molecule has 1 aromatic rings. The third-order valence-corrected chi connectivity index (χ3v) is 5.62. The number of nitrogens with one attached hydrogen (secondary N) is 1. The molecule has 0 aliphatic heterocycles. The minimum atomic E-state index is -4.20. The molecule has 26 heavy (non-hydrogen) atoms. The number of hydrogen-bond donors (Lipinski definition) is 2. The van der Waals surface area contributed by atoms with Gasteiger partial charge in [0.1, 0.15) is 11.8 Å². The standard InChI is InChI=1S/C16H25N3O6S/c1-11(2)15(16(21)17-22)19(10-14(20)18(3)4)26(23,24)13-8-6-12(25-5)7-9-13/h6-9,11,15,22H,10H2,1-5H3,(H,17,21). The quantitative estimate of drug-likeness (QED) is 0.490. The third-order valence-electron chi connectivity index (χ3n) is 3.78. The Morgan fingerprint density at radius 2 is 1.73 bits per heavy atom. The molecule has 0 aliphatic carbocycles. The summed E-state index contributed by atoms with van der Waals surface area (Å²) in [5, 5.41) is 9.02. The monoisotopic (exact) mass is 387 g/mol. The van der Waals surface area contributed by atoms with E-state index in [2.05, 4.69) is 0 Å². The summed E-state index contributed by atoms with van der Waals surface area (Å²) in [6.07, 6.45) is 0. The number of amides is 2. The van der Waals surface area contributed by atoms with Gasteiger partial charge in [0, 0.05) is 14.1 Å². The van der Waals surface area contributed by atoms with Crippen molar-refractivity contribution < 1.29 is 28.0 Å². The Balaban J connectivity index is 3.44. The molecule has 2 N–H and O–H groups in total. The largest absolute Gasteiger partial charge is 0.497 e. The van der Waals surface area contributed by atoms with Crippen molar-refractivity contribution in [2.75, 3.05) is 27.7 Å². The molecular weight excluding hydrogens is 362 g/mol. The number of methoxy groups -OCH3 is 1. The van der Waals surface area contributed by atoms with Crippen LogP contribution in [0.2, 0.25) is 0 Å². The van der Waals surface area contributed by atoms with Gasteiger partial charge in [0.05, 0.1) is 18.6 Å². The Kier molecular flexibility index (Phi) is 7.54. The van der Waals surface area contributed by atoms with E-state index in [-0.39, 0.29) is 4.90 Å². The highest BCUT2D eigenvalue weighted by Crippen LogP contribution is 2.24. The molecule has 10 heteroatoms. The van der Waals surface area contributed by atoms with Crippen LogP contribution in [-0.2, 0) is 19.6 Å². The summed E-state index contributed by atoms with van der Waals surface area (Å²) in [4.78, 5) is 25.4. The summed E-state index contributed by atoms with van der Waals surface area (Å²) < 4.78 is 32.0. The van der Waals surface area contributed by atoms with Gasteiger partial charge >= 0.3 is 0 Å². The molecular formula is C16H25N3O6S. The second-order valence-electron chi connectivity index (χ2n) is 6.18. The Bertz CT molecular complexity index is 731. The molecule has 1 atom stereocenters. The fourth-order valence-corrected chi connectivity index (χ4v) is 3.99. The van der Waals surface area contributed by atoms with Crippen molar-refractivity contribution in [2.24, 2.45) is 5.92 Å². The van der Waals surface area contributed by atoms with Crippen LogP contribution in [0.4, 0.5) is 0 Å². The van der Waals surface area contributed by atoms with E-state index in [1.165, 1.54) is 55.9 Å². The van der Waals surface area contributed by atoms with E-state index in [1.807, 2.05) is 0 Å². The molecule has 0 radical (unpaired) electrons. The Morgan fingerprint density at radius 3 is 2.12 bits per heavy atom. The minimum absolute atomic E-state index is 0.0961. The number of sulfonamides is 1. The van der Waals surface area contributed by atoms with Gasteiger partial charge in [-0.2, -0.15) is 4.31 Å². The predicted molar refractivity (Wildman–Crippen MR) is 94.1 cm³/mol. The van der Waals surface area contributed by atoms with Crippen molar-refractivity contribution in [1.29, 1.82) is 0 Å². The number of hydrogen-bond acceptors (Lipinski definition) is 6. The van der Waals surface area contributed by atoms with Crippen LogP contribution in [-0.4, -0.2) is 68.4 Å². The lowest BCUT2D eigenvalue weighted by Crippen LogP contribution is -2.54. The average molecular weight is 387 g/mol. The molecule has 0 saturated carbocycles. The summed E-state index contributed by atoms with van der Waals surface area (Å²) in [6, 6.07) is 4.33. The fourth-order valence-electron chi connectivity index (χ4n) is 2.32. The minimum Gasteiger partial charge on any atom is -0.497 e. The molecule has 0 heterocycles. The van der Waals surface area contributed by atoms with E-state index in [0.29, 0.717) is 5.75 Å². The zero-order valence-electron chi connectivity index (χ0n) is 15.5. The Hall–Kier alpha value is -2.17. The SMILES string of the molecule is COc1ccc(S(=O)(=O)N(CC(=O)N(C)C)C(C(=O)NO)C(C)C)cc1. The topological polar surface area (TPSA) is 116 Å².